The number of ether oxygens (including phenoxy) is 2. The molecule has 2 aromatic rings. The van der Waals surface area contributed by atoms with E-state index in [0.29, 0.717) is 36.9 Å². The first-order valence-electron chi connectivity index (χ1n) is 9.83. The Hall–Kier alpha value is -2.43. The van der Waals surface area contributed by atoms with Crippen LogP contribution < -0.4 is 11.3 Å². The molecule has 0 atom stereocenters. The third kappa shape index (κ3) is 4.50. The molecule has 2 heterocycles. The highest BCUT2D eigenvalue weighted by Gasteiger charge is 2.30. The fourth-order valence-corrected chi connectivity index (χ4v) is 5.29. The zero-order chi connectivity index (χ0) is 22.1. The summed E-state index contributed by atoms with van der Waals surface area (Å²) in [5.74, 6) is 0. The Morgan fingerprint density at radius 1 is 1.27 bits per heavy atom. The summed E-state index contributed by atoms with van der Waals surface area (Å²) in [4.78, 5) is 24.6. The van der Waals surface area contributed by atoms with Gasteiger partial charge >= 0.3 is 6.16 Å². The first-order chi connectivity index (χ1) is 14.1. The molecule has 1 saturated heterocycles. The molecule has 1 aromatic carbocycles. The van der Waals surface area contributed by atoms with Crippen molar-refractivity contribution in [2.45, 2.75) is 57.4 Å². The lowest BCUT2D eigenvalue weighted by Crippen LogP contribution is -2.42. The molecule has 0 radical (unpaired) electrons. The summed E-state index contributed by atoms with van der Waals surface area (Å²) in [5.41, 5.74) is 6.02. The summed E-state index contributed by atoms with van der Waals surface area (Å²) < 4.78 is 39.1. The zero-order valence-corrected chi connectivity index (χ0v) is 18.1. The van der Waals surface area contributed by atoms with Crippen molar-refractivity contribution < 1.29 is 22.7 Å². The molecule has 0 spiro atoms. The molecular formula is C20H27N3O6S. The second-order valence-electron chi connectivity index (χ2n) is 7.70. The summed E-state index contributed by atoms with van der Waals surface area (Å²) >= 11 is 0. The highest BCUT2D eigenvalue weighted by atomic mass is 32.2. The van der Waals surface area contributed by atoms with E-state index in [9.17, 15) is 18.0 Å². The Kier molecular flexibility index (Phi) is 6.49. The molecule has 3 rings (SSSR count). The van der Waals surface area contributed by atoms with Gasteiger partial charge in [-0.3, -0.25) is 9.36 Å². The summed E-state index contributed by atoms with van der Waals surface area (Å²) in [5, 5.41) is 0.615. The van der Waals surface area contributed by atoms with Crippen LogP contribution in [0.25, 0.3) is 10.8 Å². The lowest BCUT2D eigenvalue weighted by atomic mass is 10.1. The first-order valence-corrected chi connectivity index (χ1v) is 11.3. The van der Waals surface area contributed by atoms with E-state index in [2.05, 4.69) is 0 Å². The van der Waals surface area contributed by atoms with E-state index in [1.165, 1.54) is 21.1 Å². The van der Waals surface area contributed by atoms with Crippen molar-refractivity contribution >= 4 is 27.0 Å². The minimum absolute atomic E-state index is 0.000270. The molecule has 164 valence electrons. The SMILES string of the molecule is Cc1cn(COC(=O)OC(C)C)c(=O)c2cccc(S(=O)(=O)N3CCC(N)CC3)c12. The highest BCUT2D eigenvalue weighted by Crippen LogP contribution is 2.28. The Morgan fingerprint density at radius 2 is 1.93 bits per heavy atom. The van der Waals surface area contributed by atoms with Crippen LogP contribution in [0.1, 0.15) is 32.3 Å². The number of rotatable bonds is 5. The molecule has 0 saturated carbocycles. The van der Waals surface area contributed by atoms with Crippen molar-refractivity contribution in [3.8, 4) is 0 Å². The van der Waals surface area contributed by atoms with Crippen LogP contribution >= 0.6 is 0 Å². The van der Waals surface area contributed by atoms with Gasteiger partial charge in [0.25, 0.3) is 5.56 Å². The molecule has 1 fully saturated rings. The minimum Gasteiger partial charge on any atom is -0.432 e. The molecule has 1 aliphatic rings. The monoisotopic (exact) mass is 437 g/mol. The fraction of sp³-hybridized carbons (Fsp3) is 0.500. The van der Waals surface area contributed by atoms with Gasteiger partial charge in [-0.1, -0.05) is 6.07 Å². The maximum Gasteiger partial charge on any atom is 0.510 e. The van der Waals surface area contributed by atoms with E-state index in [-0.39, 0.29) is 29.2 Å². The summed E-state index contributed by atoms with van der Waals surface area (Å²) in [6, 6.07) is 4.63. The van der Waals surface area contributed by atoms with Crippen LogP contribution in [0.5, 0.6) is 0 Å². The Balaban J connectivity index is 1.98. The Morgan fingerprint density at radius 3 is 2.57 bits per heavy atom. The second kappa shape index (κ2) is 8.75. The molecule has 0 bridgehead atoms. The van der Waals surface area contributed by atoms with Gasteiger partial charge in [-0.2, -0.15) is 4.31 Å². The molecule has 30 heavy (non-hydrogen) atoms. The molecule has 2 N–H and O–H groups in total. The summed E-state index contributed by atoms with van der Waals surface area (Å²) in [6.45, 7) is 5.46. The van der Waals surface area contributed by atoms with Crippen molar-refractivity contribution in [2.75, 3.05) is 13.1 Å². The maximum atomic E-state index is 13.3. The Labute approximate surface area is 175 Å². The van der Waals surface area contributed by atoms with Crippen LogP contribution in [0, 0.1) is 6.92 Å². The standard InChI is InChI=1S/C20H27N3O6S/c1-13(2)29-20(25)28-12-22-11-14(3)18-16(19(22)24)5-4-6-17(18)30(26,27)23-9-7-15(21)8-10-23/h4-6,11,13,15H,7-10,12,21H2,1-3H3. The highest BCUT2D eigenvalue weighted by molar-refractivity contribution is 7.89. The van der Waals surface area contributed by atoms with Crippen LogP contribution in [0.15, 0.2) is 34.1 Å². The van der Waals surface area contributed by atoms with E-state index >= 15 is 0 Å². The molecule has 10 heteroatoms. The smallest absolute Gasteiger partial charge is 0.432 e. The number of nitrogens with zero attached hydrogens (tertiary/aromatic N) is 2. The predicted octanol–water partition coefficient (Wildman–Crippen LogP) is 1.94. The van der Waals surface area contributed by atoms with Gasteiger partial charge < -0.3 is 15.2 Å². The number of hydrogen-bond donors (Lipinski definition) is 1. The summed E-state index contributed by atoms with van der Waals surface area (Å²) in [7, 11) is -3.78. The number of nitrogens with two attached hydrogens (primary N) is 1. The van der Waals surface area contributed by atoms with Crippen LogP contribution in [0.3, 0.4) is 0 Å². The van der Waals surface area contributed by atoms with Crippen LogP contribution in [-0.2, 0) is 26.2 Å². The van der Waals surface area contributed by atoms with E-state index in [1.807, 2.05) is 0 Å². The van der Waals surface area contributed by atoms with Gasteiger partial charge in [-0.05, 0) is 51.3 Å². The van der Waals surface area contributed by atoms with Crippen LogP contribution in [0.4, 0.5) is 4.79 Å². The van der Waals surface area contributed by atoms with Gasteiger partial charge in [0.1, 0.15) is 0 Å². The van der Waals surface area contributed by atoms with E-state index < -0.39 is 21.7 Å². The predicted molar refractivity (Wildman–Crippen MR) is 112 cm³/mol. The van der Waals surface area contributed by atoms with E-state index in [0.717, 1.165) is 0 Å². The quantitative estimate of drug-likeness (QED) is 0.710. The molecular weight excluding hydrogens is 410 g/mol. The average Bonchev–Trinajstić information content (AvgIpc) is 2.69. The number of aryl methyl sites for hydroxylation is 1. The molecule has 9 nitrogen and oxygen atoms in total. The van der Waals surface area contributed by atoms with Crippen molar-refractivity contribution in [2.24, 2.45) is 5.73 Å². The second-order valence-corrected chi connectivity index (χ2v) is 9.60. The number of carbonyl (C=O) groups is 1. The number of benzene rings is 1. The number of hydrogen-bond acceptors (Lipinski definition) is 7. The van der Waals surface area contributed by atoms with Crippen LogP contribution in [-0.4, -0.2) is 48.7 Å². The lowest BCUT2D eigenvalue weighted by Gasteiger charge is -2.29. The summed E-state index contributed by atoms with van der Waals surface area (Å²) in [6.07, 6.45) is 1.46. The molecule has 1 aliphatic heterocycles. The topological polar surface area (TPSA) is 121 Å². The fourth-order valence-electron chi connectivity index (χ4n) is 3.54. The maximum absolute atomic E-state index is 13.3. The number of aromatic nitrogens is 1. The van der Waals surface area contributed by atoms with Crippen molar-refractivity contribution in [3.63, 3.8) is 0 Å². The van der Waals surface area contributed by atoms with E-state index in [1.54, 1.807) is 32.9 Å². The number of sulfonamides is 1. The van der Waals surface area contributed by atoms with Gasteiger partial charge in [0.15, 0.2) is 6.73 Å². The third-order valence-electron chi connectivity index (χ3n) is 5.03. The number of pyridine rings is 1. The number of piperidine rings is 1. The molecule has 1 aromatic heterocycles. The van der Waals surface area contributed by atoms with Crippen LogP contribution in [0.2, 0.25) is 0 Å². The third-order valence-corrected chi connectivity index (χ3v) is 6.97. The van der Waals surface area contributed by atoms with Crippen molar-refractivity contribution in [1.29, 1.82) is 0 Å². The normalized spacial score (nSPS) is 16.2. The lowest BCUT2D eigenvalue weighted by molar-refractivity contribution is 0.0153. The first kappa shape index (κ1) is 22.3. The van der Waals surface area contributed by atoms with Gasteiger partial charge in [-0.15, -0.1) is 0 Å². The molecule has 0 aliphatic carbocycles. The van der Waals surface area contributed by atoms with Gasteiger partial charge in [-0.25, -0.2) is 13.2 Å². The van der Waals surface area contributed by atoms with Gasteiger partial charge in [0.2, 0.25) is 10.0 Å². The number of fused-ring (bicyclic) bond motifs is 1. The van der Waals surface area contributed by atoms with Gasteiger partial charge in [0.05, 0.1) is 11.0 Å². The molecule has 0 amide bonds. The van der Waals surface area contributed by atoms with E-state index in [4.69, 9.17) is 15.2 Å². The van der Waals surface area contributed by atoms with Gasteiger partial charge in [0, 0.05) is 36.1 Å². The zero-order valence-electron chi connectivity index (χ0n) is 17.3. The Bertz CT molecular complexity index is 1100. The molecule has 0 unspecified atom stereocenters. The average molecular weight is 438 g/mol. The van der Waals surface area contributed by atoms with Crippen molar-refractivity contribution in [1.82, 2.24) is 8.87 Å². The number of carbonyl (C=O) groups excluding carboxylic acids is 1. The largest absolute Gasteiger partial charge is 0.510 e. The van der Waals surface area contributed by atoms with Crippen molar-refractivity contribution in [3.05, 3.63) is 40.3 Å². The minimum atomic E-state index is -3.78.